The van der Waals surface area contributed by atoms with Gasteiger partial charge < -0.3 is 5.32 Å². The zero-order chi connectivity index (χ0) is 12.4. The minimum Gasteiger partial charge on any atom is -0.315 e. The molecular weight excluding hydrogens is 228 g/mol. The monoisotopic (exact) mass is 250 g/mol. The molecule has 6 nitrogen and oxygen atoms in total. The quantitative estimate of drug-likeness (QED) is 0.828. The van der Waals surface area contributed by atoms with Crippen LogP contribution in [0.25, 0.3) is 0 Å². The molecule has 100 valence electrons. The van der Waals surface area contributed by atoms with Gasteiger partial charge >= 0.3 is 0 Å². The van der Waals surface area contributed by atoms with Crippen molar-refractivity contribution >= 4 is 0 Å². The molecule has 1 saturated heterocycles. The van der Waals surface area contributed by atoms with Crippen LogP contribution in [0.4, 0.5) is 0 Å². The highest BCUT2D eigenvalue weighted by molar-refractivity contribution is 4.91. The van der Waals surface area contributed by atoms with Crippen molar-refractivity contribution in [3.8, 4) is 0 Å². The predicted molar refractivity (Wildman–Crippen MR) is 68.1 cm³/mol. The highest BCUT2D eigenvalue weighted by atomic mass is 15.6. The molecular formula is C12H22N6. The number of rotatable bonds is 5. The van der Waals surface area contributed by atoms with E-state index >= 15 is 0 Å². The second-order valence-electron chi connectivity index (χ2n) is 5.33. The van der Waals surface area contributed by atoms with Crippen molar-refractivity contribution in [2.24, 2.45) is 0 Å². The van der Waals surface area contributed by atoms with Gasteiger partial charge in [0.1, 0.15) is 0 Å². The molecule has 1 aliphatic carbocycles. The first-order valence-electron chi connectivity index (χ1n) is 7.10. The van der Waals surface area contributed by atoms with Crippen LogP contribution in [0.2, 0.25) is 0 Å². The topological polar surface area (TPSA) is 58.9 Å². The summed E-state index contributed by atoms with van der Waals surface area (Å²) >= 11 is 0. The third-order valence-corrected chi connectivity index (χ3v) is 3.99. The van der Waals surface area contributed by atoms with Crippen LogP contribution < -0.4 is 5.32 Å². The number of likely N-dealkylation sites (N-methyl/N-ethyl adjacent to an activating group) is 1. The van der Waals surface area contributed by atoms with Crippen molar-refractivity contribution in [2.75, 3.05) is 19.6 Å². The summed E-state index contributed by atoms with van der Waals surface area (Å²) in [7, 11) is 0. The highest BCUT2D eigenvalue weighted by Crippen LogP contribution is 2.34. The smallest absolute Gasteiger partial charge is 0.165 e. The summed E-state index contributed by atoms with van der Waals surface area (Å²) in [4.78, 5) is 2.50. The maximum absolute atomic E-state index is 4.20. The average Bonchev–Trinajstić information content (AvgIpc) is 3.17. The van der Waals surface area contributed by atoms with E-state index in [2.05, 4.69) is 32.7 Å². The number of hydrogen-bond acceptors (Lipinski definition) is 5. The fraction of sp³-hybridized carbons (Fsp3) is 0.917. The molecule has 3 rings (SSSR count). The van der Waals surface area contributed by atoms with E-state index in [4.69, 9.17) is 0 Å². The Hall–Kier alpha value is -1.01. The molecule has 1 aliphatic heterocycles. The van der Waals surface area contributed by atoms with Gasteiger partial charge in [-0.2, -0.15) is 0 Å². The Labute approximate surface area is 108 Å². The number of tetrazole rings is 1. The van der Waals surface area contributed by atoms with Gasteiger partial charge in [-0.25, -0.2) is 4.68 Å². The zero-order valence-electron chi connectivity index (χ0n) is 11.0. The summed E-state index contributed by atoms with van der Waals surface area (Å²) in [6.07, 6.45) is 5.02. The minimum absolute atomic E-state index is 0.568. The third-order valence-electron chi connectivity index (χ3n) is 3.99. The number of hydrogen-bond donors (Lipinski definition) is 1. The van der Waals surface area contributed by atoms with Crippen LogP contribution in [0.1, 0.15) is 44.5 Å². The summed E-state index contributed by atoms with van der Waals surface area (Å²) in [6.45, 7) is 6.42. The predicted octanol–water partition coefficient (Wildman–Crippen LogP) is 0.582. The van der Waals surface area contributed by atoms with Crippen LogP contribution in [0.3, 0.4) is 0 Å². The van der Waals surface area contributed by atoms with E-state index < -0.39 is 0 Å². The molecule has 1 N–H and O–H groups in total. The molecule has 2 heterocycles. The molecule has 1 aromatic rings. The summed E-state index contributed by atoms with van der Waals surface area (Å²) < 4.78 is 2.03. The van der Waals surface area contributed by atoms with Crippen molar-refractivity contribution < 1.29 is 0 Å². The van der Waals surface area contributed by atoms with Crippen molar-refractivity contribution in [2.45, 2.75) is 51.2 Å². The average molecular weight is 250 g/mol. The Bertz CT molecular complexity index is 380. The Morgan fingerprint density at radius 3 is 2.94 bits per heavy atom. The largest absolute Gasteiger partial charge is 0.315 e. The fourth-order valence-corrected chi connectivity index (χ4v) is 2.74. The molecule has 0 spiro atoms. The maximum Gasteiger partial charge on any atom is 0.165 e. The van der Waals surface area contributed by atoms with E-state index in [9.17, 15) is 0 Å². The van der Waals surface area contributed by atoms with Gasteiger partial charge in [-0.1, -0.05) is 6.92 Å². The van der Waals surface area contributed by atoms with Gasteiger partial charge in [0, 0.05) is 12.6 Å². The van der Waals surface area contributed by atoms with Gasteiger partial charge in [0.25, 0.3) is 0 Å². The Morgan fingerprint density at radius 1 is 1.39 bits per heavy atom. The number of aromatic nitrogens is 4. The Balaban J connectivity index is 1.66. The lowest BCUT2D eigenvalue weighted by Crippen LogP contribution is -2.45. The molecule has 1 unspecified atom stereocenters. The maximum atomic E-state index is 4.20. The fourth-order valence-electron chi connectivity index (χ4n) is 2.74. The van der Waals surface area contributed by atoms with Gasteiger partial charge in [-0.05, 0) is 49.2 Å². The van der Waals surface area contributed by atoms with E-state index in [-0.39, 0.29) is 0 Å². The minimum atomic E-state index is 0.568. The Morgan fingerprint density at radius 2 is 2.28 bits per heavy atom. The van der Waals surface area contributed by atoms with Gasteiger partial charge in [-0.15, -0.1) is 5.10 Å². The number of nitrogens with one attached hydrogen (secondary N) is 1. The second-order valence-corrected chi connectivity index (χ2v) is 5.33. The Kier molecular flexibility index (Phi) is 3.56. The lowest BCUT2D eigenvalue weighted by atomic mass is 10.1. The van der Waals surface area contributed by atoms with Gasteiger partial charge in [0.15, 0.2) is 5.82 Å². The molecule has 1 atom stereocenters. The van der Waals surface area contributed by atoms with Crippen LogP contribution in [0.15, 0.2) is 0 Å². The van der Waals surface area contributed by atoms with Crippen molar-refractivity contribution in [3.05, 3.63) is 5.82 Å². The SMILES string of the molecule is CCN(Cc1nnnn1C1CC1)C1CCCNC1. The standard InChI is InChI=1S/C12H22N6/c1-2-17(11-4-3-7-13-8-11)9-12-14-15-16-18(12)10-5-6-10/h10-11,13H,2-9H2,1H3. The molecule has 0 aromatic carbocycles. The van der Waals surface area contributed by atoms with Crippen LogP contribution in [0, 0.1) is 0 Å². The van der Waals surface area contributed by atoms with Crippen LogP contribution >= 0.6 is 0 Å². The molecule has 1 saturated carbocycles. The number of piperidine rings is 1. The van der Waals surface area contributed by atoms with Crippen LogP contribution in [-0.4, -0.2) is 50.8 Å². The molecule has 6 heteroatoms. The van der Waals surface area contributed by atoms with E-state index in [1.54, 1.807) is 0 Å². The summed E-state index contributed by atoms with van der Waals surface area (Å²) in [5.74, 6) is 1.03. The van der Waals surface area contributed by atoms with Crippen LogP contribution in [-0.2, 0) is 6.54 Å². The van der Waals surface area contributed by atoms with Crippen LogP contribution in [0.5, 0.6) is 0 Å². The van der Waals surface area contributed by atoms with Gasteiger partial charge in [0.05, 0.1) is 12.6 Å². The third kappa shape index (κ3) is 2.54. The van der Waals surface area contributed by atoms with E-state index in [1.165, 1.54) is 25.7 Å². The first kappa shape index (κ1) is 12.0. The highest BCUT2D eigenvalue weighted by Gasteiger charge is 2.29. The normalized spacial score (nSPS) is 24.7. The molecule has 0 amide bonds. The summed E-state index contributed by atoms with van der Waals surface area (Å²) in [6, 6.07) is 1.20. The lowest BCUT2D eigenvalue weighted by Gasteiger charge is -2.33. The first-order chi connectivity index (χ1) is 8.88. The first-order valence-corrected chi connectivity index (χ1v) is 7.10. The van der Waals surface area contributed by atoms with Gasteiger partial charge in [0.2, 0.25) is 0 Å². The number of nitrogens with zero attached hydrogens (tertiary/aromatic N) is 5. The molecule has 1 aromatic heterocycles. The molecule has 2 fully saturated rings. The summed E-state index contributed by atoms with van der Waals surface area (Å²) in [5.41, 5.74) is 0. The summed E-state index contributed by atoms with van der Waals surface area (Å²) in [5, 5.41) is 15.6. The molecule has 0 bridgehead atoms. The van der Waals surface area contributed by atoms with E-state index in [1.807, 2.05) is 4.68 Å². The van der Waals surface area contributed by atoms with E-state index in [0.29, 0.717) is 12.1 Å². The molecule has 2 aliphatic rings. The van der Waals surface area contributed by atoms with Crippen molar-refractivity contribution in [1.29, 1.82) is 0 Å². The second kappa shape index (κ2) is 5.32. The van der Waals surface area contributed by atoms with Crippen molar-refractivity contribution in [1.82, 2.24) is 30.4 Å². The van der Waals surface area contributed by atoms with E-state index in [0.717, 1.165) is 32.0 Å². The zero-order valence-corrected chi connectivity index (χ0v) is 11.0. The molecule has 18 heavy (non-hydrogen) atoms. The lowest BCUT2D eigenvalue weighted by molar-refractivity contribution is 0.159. The van der Waals surface area contributed by atoms with Gasteiger partial charge in [-0.3, -0.25) is 4.90 Å². The molecule has 0 radical (unpaired) electrons. The van der Waals surface area contributed by atoms with Crippen molar-refractivity contribution in [3.63, 3.8) is 0 Å².